The Bertz CT molecular complexity index is 340. The van der Waals surface area contributed by atoms with Crippen LogP contribution in [0.25, 0.3) is 0 Å². The van der Waals surface area contributed by atoms with Crippen LogP contribution in [0.2, 0.25) is 5.02 Å². The first-order chi connectivity index (χ1) is 8.65. The summed E-state index contributed by atoms with van der Waals surface area (Å²) in [5.74, 6) is 0. The summed E-state index contributed by atoms with van der Waals surface area (Å²) in [6.45, 7) is -0.588. The molecule has 1 rings (SSSR count). The Morgan fingerprint density at radius 3 is 2.61 bits per heavy atom. The Kier molecular flexibility index (Phi) is 6.92. The van der Waals surface area contributed by atoms with Crippen LogP contribution in [-0.2, 0) is 14.4 Å². The number of benzene rings is 1. The summed E-state index contributed by atoms with van der Waals surface area (Å²) in [5, 5.41) is 4.66. The van der Waals surface area contributed by atoms with Crippen LogP contribution in [0.3, 0.4) is 0 Å². The Labute approximate surface area is 110 Å². The quantitative estimate of drug-likeness (QED) is 0.584. The van der Waals surface area contributed by atoms with Crippen molar-refractivity contribution in [3.8, 4) is 0 Å². The molecular weight excluding hydrogens is 263 g/mol. The SMILES string of the molecule is COC(CNc1ccc(Cl)cc1)ON(C)OCF. The van der Waals surface area contributed by atoms with Crippen LogP contribution in [0, 0.1) is 0 Å². The number of nitrogens with zero attached hydrogens (tertiary/aromatic N) is 1. The van der Waals surface area contributed by atoms with Gasteiger partial charge in [0.1, 0.15) is 0 Å². The van der Waals surface area contributed by atoms with E-state index in [0.717, 1.165) is 10.9 Å². The molecule has 102 valence electrons. The summed E-state index contributed by atoms with van der Waals surface area (Å²) >= 11 is 5.77. The molecule has 1 N–H and O–H groups in total. The van der Waals surface area contributed by atoms with Gasteiger partial charge in [-0.2, -0.15) is 0 Å². The first-order valence-electron chi connectivity index (χ1n) is 5.27. The van der Waals surface area contributed by atoms with E-state index in [1.807, 2.05) is 12.1 Å². The van der Waals surface area contributed by atoms with Gasteiger partial charge in [-0.25, -0.2) is 14.1 Å². The normalized spacial score (nSPS) is 12.7. The minimum absolute atomic E-state index is 0.373. The number of nitrogens with one attached hydrogen (secondary N) is 1. The van der Waals surface area contributed by atoms with E-state index in [1.165, 1.54) is 14.2 Å². The number of ether oxygens (including phenoxy) is 1. The Morgan fingerprint density at radius 2 is 2.06 bits per heavy atom. The monoisotopic (exact) mass is 278 g/mol. The predicted molar refractivity (Wildman–Crippen MR) is 66.6 cm³/mol. The van der Waals surface area contributed by atoms with Crippen molar-refractivity contribution in [2.24, 2.45) is 0 Å². The summed E-state index contributed by atoms with van der Waals surface area (Å²) in [5.41, 5.74) is 0.874. The molecule has 0 aromatic heterocycles. The molecular formula is C11H16ClFN2O3. The van der Waals surface area contributed by atoms with Crippen LogP contribution >= 0.6 is 11.6 Å². The fourth-order valence-corrected chi connectivity index (χ4v) is 1.32. The van der Waals surface area contributed by atoms with Crippen LogP contribution in [0.15, 0.2) is 24.3 Å². The zero-order chi connectivity index (χ0) is 13.4. The van der Waals surface area contributed by atoms with Crippen molar-refractivity contribution < 1.29 is 18.8 Å². The molecule has 18 heavy (non-hydrogen) atoms. The number of hydrogen-bond acceptors (Lipinski definition) is 5. The maximum Gasteiger partial charge on any atom is 0.210 e. The highest BCUT2D eigenvalue weighted by Crippen LogP contribution is 2.13. The summed E-state index contributed by atoms with van der Waals surface area (Å²) in [6, 6.07) is 7.20. The number of rotatable bonds is 8. The Morgan fingerprint density at radius 1 is 1.39 bits per heavy atom. The van der Waals surface area contributed by atoms with Crippen molar-refractivity contribution in [1.82, 2.24) is 5.23 Å². The van der Waals surface area contributed by atoms with Crippen molar-refractivity contribution in [3.63, 3.8) is 0 Å². The van der Waals surface area contributed by atoms with Crippen molar-refractivity contribution in [2.75, 3.05) is 32.9 Å². The second kappa shape index (κ2) is 8.23. The third kappa shape index (κ3) is 5.61. The lowest BCUT2D eigenvalue weighted by atomic mass is 10.3. The Balaban J connectivity index is 2.37. The lowest BCUT2D eigenvalue weighted by molar-refractivity contribution is -0.409. The maximum atomic E-state index is 11.9. The Hall–Kier alpha value is -0.920. The highest BCUT2D eigenvalue weighted by molar-refractivity contribution is 6.30. The molecule has 0 aliphatic heterocycles. The molecule has 1 atom stereocenters. The smallest absolute Gasteiger partial charge is 0.210 e. The molecule has 0 aliphatic carbocycles. The number of anilines is 1. The molecule has 1 unspecified atom stereocenters. The van der Waals surface area contributed by atoms with Crippen LogP contribution < -0.4 is 5.32 Å². The van der Waals surface area contributed by atoms with Gasteiger partial charge in [-0.3, -0.25) is 0 Å². The third-order valence-corrected chi connectivity index (χ3v) is 2.33. The third-order valence-electron chi connectivity index (χ3n) is 2.08. The fraction of sp³-hybridized carbons (Fsp3) is 0.455. The van der Waals surface area contributed by atoms with Gasteiger partial charge in [-0.1, -0.05) is 16.8 Å². The van der Waals surface area contributed by atoms with Crippen molar-refractivity contribution in [2.45, 2.75) is 6.29 Å². The van der Waals surface area contributed by atoms with Crippen molar-refractivity contribution in [1.29, 1.82) is 0 Å². The van der Waals surface area contributed by atoms with Gasteiger partial charge in [0.05, 0.1) is 6.54 Å². The van der Waals surface area contributed by atoms with Gasteiger partial charge < -0.3 is 10.1 Å². The van der Waals surface area contributed by atoms with E-state index in [9.17, 15) is 4.39 Å². The molecule has 0 amide bonds. The van der Waals surface area contributed by atoms with E-state index in [0.29, 0.717) is 11.6 Å². The molecule has 0 radical (unpaired) electrons. The fourth-order valence-electron chi connectivity index (χ4n) is 1.20. The number of hydroxylamine groups is 2. The number of hydrogen-bond donors (Lipinski definition) is 1. The molecule has 0 aliphatic rings. The molecule has 0 fully saturated rings. The van der Waals surface area contributed by atoms with E-state index >= 15 is 0 Å². The van der Waals surface area contributed by atoms with Gasteiger partial charge in [0.15, 0.2) is 6.29 Å². The molecule has 0 spiro atoms. The van der Waals surface area contributed by atoms with Gasteiger partial charge in [-0.05, 0) is 24.3 Å². The first-order valence-corrected chi connectivity index (χ1v) is 5.65. The van der Waals surface area contributed by atoms with Crippen molar-refractivity contribution >= 4 is 17.3 Å². The van der Waals surface area contributed by atoms with E-state index in [1.54, 1.807) is 12.1 Å². The molecule has 0 saturated heterocycles. The zero-order valence-corrected chi connectivity index (χ0v) is 11.0. The van der Waals surface area contributed by atoms with Crippen LogP contribution in [0.5, 0.6) is 0 Å². The van der Waals surface area contributed by atoms with Crippen LogP contribution in [-0.4, -0.2) is 39.1 Å². The van der Waals surface area contributed by atoms with Gasteiger partial charge >= 0.3 is 0 Å². The van der Waals surface area contributed by atoms with Gasteiger partial charge in [0.25, 0.3) is 0 Å². The standard InChI is InChI=1S/C11H16ClFN2O3/c1-15(17-8-13)18-11(16-2)7-14-10-5-3-9(12)4-6-10/h3-6,11,14H,7-8H2,1-2H3. The van der Waals surface area contributed by atoms with Crippen LogP contribution in [0.1, 0.15) is 0 Å². The molecule has 5 nitrogen and oxygen atoms in total. The largest absolute Gasteiger partial charge is 0.380 e. The summed E-state index contributed by atoms with van der Waals surface area (Å²) in [7, 11) is 2.92. The van der Waals surface area contributed by atoms with E-state index < -0.39 is 13.2 Å². The number of alkyl halides is 1. The highest BCUT2D eigenvalue weighted by Gasteiger charge is 2.11. The van der Waals surface area contributed by atoms with Crippen molar-refractivity contribution in [3.05, 3.63) is 29.3 Å². The average Bonchev–Trinajstić information content (AvgIpc) is 2.36. The highest BCUT2D eigenvalue weighted by atomic mass is 35.5. The zero-order valence-electron chi connectivity index (χ0n) is 10.2. The molecule has 1 aromatic rings. The van der Waals surface area contributed by atoms with Gasteiger partial charge in [-0.15, -0.1) is 0 Å². The molecule has 0 heterocycles. The molecule has 0 bridgehead atoms. The van der Waals surface area contributed by atoms with Gasteiger partial charge in [0, 0.05) is 24.9 Å². The average molecular weight is 279 g/mol. The van der Waals surface area contributed by atoms with E-state index in [-0.39, 0.29) is 0 Å². The lowest BCUT2D eigenvalue weighted by Gasteiger charge is -2.21. The minimum Gasteiger partial charge on any atom is -0.380 e. The first kappa shape index (κ1) is 15.1. The van der Waals surface area contributed by atoms with Gasteiger partial charge in [0.2, 0.25) is 6.86 Å². The second-order valence-corrected chi connectivity index (χ2v) is 3.77. The number of methoxy groups -OCH3 is 1. The summed E-state index contributed by atoms with van der Waals surface area (Å²) < 4.78 is 16.9. The van der Waals surface area contributed by atoms with E-state index in [2.05, 4.69) is 10.2 Å². The van der Waals surface area contributed by atoms with Crippen LogP contribution in [0.4, 0.5) is 10.1 Å². The maximum absolute atomic E-state index is 11.9. The topological polar surface area (TPSA) is 43.0 Å². The predicted octanol–water partition coefficient (Wildman–Crippen LogP) is 2.45. The second-order valence-electron chi connectivity index (χ2n) is 3.34. The number of halogens is 2. The lowest BCUT2D eigenvalue weighted by Crippen LogP contribution is -2.32. The summed E-state index contributed by atoms with van der Waals surface area (Å²) in [4.78, 5) is 9.61. The summed E-state index contributed by atoms with van der Waals surface area (Å²) in [6.07, 6.45) is -0.600. The minimum atomic E-state index is -0.961. The van der Waals surface area contributed by atoms with E-state index in [4.69, 9.17) is 21.2 Å². The molecule has 1 aromatic carbocycles. The molecule has 7 heteroatoms. The molecule has 0 saturated carbocycles.